The summed E-state index contributed by atoms with van der Waals surface area (Å²) < 4.78 is 2.87. The van der Waals surface area contributed by atoms with Gasteiger partial charge in [-0.15, -0.1) is 0 Å². The van der Waals surface area contributed by atoms with Gasteiger partial charge in [-0.05, 0) is 42.5 Å². The van der Waals surface area contributed by atoms with Crippen molar-refractivity contribution in [3.63, 3.8) is 0 Å². The molecule has 1 N–H and O–H groups in total. The van der Waals surface area contributed by atoms with Gasteiger partial charge in [0.05, 0.1) is 32.9 Å². The van der Waals surface area contributed by atoms with E-state index in [1.54, 1.807) is 49.5 Å². The summed E-state index contributed by atoms with van der Waals surface area (Å²) >= 11 is 6.38. The summed E-state index contributed by atoms with van der Waals surface area (Å²) in [6.45, 7) is -0.183. The molecule has 33 heavy (non-hydrogen) atoms. The molecule has 4 aromatic rings. The Morgan fingerprint density at radius 1 is 0.879 bits per heavy atom. The number of fused-ring (bicyclic) bond motifs is 2. The topological polar surface area (TPSA) is 93.4 Å². The Bertz CT molecular complexity index is 1500. The van der Waals surface area contributed by atoms with Crippen molar-refractivity contribution >= 4 is 51.7 Å². The number of anilines is 2. The van der Waals surface area contributed by atoms with Crippen molar-refractivity contribution in [3.8, 4) is 0 Å². The van der Waals surface area contributed by atoms with E-state index >= 15 is 0 Å². The lowest BCUT2D eigenvalue weighted by Gasteiger charge is -2.16. The molecule has 1 aliphatic heterocycles. The smallest absolute Gasteiger partial charge is 0.324 e. The van der Waals surface area contributed by atoms with Gasteiger partial charge in [0.1, 0.15) is 6.54 Å². The summed E-state index contributed by atoms with van der Waals surface area (Å²) in [7, 11) is 1.65. The largest absolute Gasteiger partial charge is 0.329 e. The van der Waals surface area contributed by atoms with Gasteiger partial charge in [0.15, 0.2) is 0 Å². The predicted molar refractivity (Wildman–Crippen MR) is 125 cm³/mol. The van der Waals surface area contributed by atoms with Crippen LogP contribution in [0.5, 0.6) is 0 Å². The Labute approximate surface area is 192 Å². The highest BCUT2D eigenvalue weighted by Crippen LogP contribution is 2.34. The number of benzene rings is 3. The molecule has 0 unspecified atom stereocenters. The predicted octanol–water partition coefficient (Wildman–Crippen LogP) is 3.43. The summed E-state index contributed by atoms with van der Waals surface area (Å²) in [5.41, 5.74) is 2.31. The molecule has 8 nitrogen and oxygen atoms in total. The van der Waals surface area contributed by atoms with Gasteiger partial charge in [-0.1, -0.05) is 35.9 Å². The Morgan fingerprint density at radius 3 is 2.12 bits per heavy atom. The number of carbonyl (C=O) groups is 3. The second-order valence-electron chi connectivity index (χ2n) is 7.62. The van der Waals surface area contributed by atoms with Crippen molar-refractivity contribution in [2.24, 2.45) is 7.05 Å². The standard InChI is InChI=1S/C24H17ClN4O4/c1-27-19-8-4-5-9-20(19)28(24(27)33)13-21(30)26-14-10-11-18(17(25)12-14)29-22(31)15-6-2-3-7-16(15)23(29)32/h2-12H,13H2,1H3,(H,26,30). The molecule has 3 aromatic carbocycles. The third-order valence-corrected chi connectivity index (χ3v) is 5.92. The van der Waals surface area contributed by atoms with Crippen LogP contribution in [0.25, 0.3) is 11.0 Å². The van der Waals surface area contributed by atoms with Crippen LogP contribution in [0.3, 0.4) is 0 Å². The molecule has 3 amide bonds. The molecule has 1 aliphatic rings. The maximum atomic E-state index is 12.7. The SMILES string of the molecule is Cn1c(=O)n(CC(=O)Nc2ccc(N3C(=O)c4ccccc4C3=O)c(Cl)c2)c2ccccc21. The summed E-state index contributed by atoms with van der Waals surface area (Å²) in [6.07, 6.45) is 0. The van der Waals surface area contributed by atoms with Crippen LogP contribution >= 0.6 is 11.6 Å². The summed E-state index contributed by atoms with van der Waals surface area (Å²) in [6, 6.07) is 18.3. The molecule has 0 bridgehead atoms. The highest BCUT2D eigenvalue weighted by atomic mass is 35.5. The third-order valence-electron chi connectivity index (χ3n) is 5.62. The number of nitrogens with one attached hydrogen (secondary N) is 1. The number of hydrogen-bond donors (Lipinski definition) is 1. The van der Waals surface area contributed by atoms with Crippen LogP contribution in [-0.4, -0.2) is 26.9 Å². The molecular formula is C24H17ClN4O4. The molecule has 2 heterocycles. The number of para-hydroxylation sites is 2. The van der Waals surface area contributed by atoms with Gasteiger partial charge in [0.25, 0.3) is 11.8 Å². The number of aryl methyl sites for hydroxylation is 1. The number of amides is 3. The van der Waals surface area contributed by atoms with Gasteiger partial charge in [-0.25, -0.2) is 9.69 Å². The third kappa shape index (κ3) is 3.32. The van der Waals surface area contributed by atoms with Crippen LogP contribution < -0.4 is 15.9 Å². The fourth-order valence-corrected chi connectivity index (χ4v) is 4.30. The monoisotopic (exact) mass is 460 g/mol. The maximum Gasteiger partial charge on any atom is 0.329 e. The van der Waals surface area contributed by atoms with E-state index < -0.39 is 17.7 Å². The number of imide groups is 1. The second-order valence-corrected chi connectivity index (χ2v) is 8.03. The average molecular weight is 461 g/mol. The minimum atomic E-state index is -0.454. The van der Waals surface area contributed by atoms with Crippen LogP contribution in [0.2, 0.25) is 5.02 Å². The minimum Gasteiger partial charge on any atom is -0.324 e. The first-order valence-corrected chi connectivity index (χ1v) is 10.5. The highest BCUT2D eigenvalue weighted by molar-refractivity contribution is 6.40. The summed E-state index contributed by atoms with van der Waals surface area (Å²) in [5, 5.41) is 2.84. The van der Waals surface area contributed by atoms with Gasteiger partial charge in [-0.3, -0.25) is 23.5 Å². The van der Waals surface area contributed by atoms with E-state index in [4.69, 9.17) is 11.6 Å². The van der Waals surface area contributed by atoms with Crippen LogP contribution in [0.15, 0.2) is 71.5 Å². The first kappa shape index (κ1) is 20.7. The molecule has 0 fully saturated rings. The molecule has 164 valence electrons. The van der Waals surface area contributed by atoms with Gasteiger partial charge in [0.2, 0.25) is 5.91 Å². The molecular weight excluding hydrogens is 444 g/mol. The fourth-order valence-electron chi connectivity index (χ4n) is 4.03. The van der Waals surface area contributed by atoms with Crippen molar-refractivity contribution in [2.75, 3.05) is 10.2 Å². The van der Waals surface area contributed by atoms with Crippen molar-refractivity contribution < 1.29 is 14.4 Å². The molecule has 0 saturated heterocycles. The van der Waals surface area contributed by atoms with E-state index in [-0.39, 0.29) is 22.9 Å². The van der Waals surface area contributed by atoms with Gasteiger partial charge in [-0.2, -0.15) is 0 Å². The Hall–Kier alpha value is -4.17. The van der Waals surface area contributed by atoms with Crippen molar-refractivity contribution in [1.82, 2.24) is 9.13 Å². The van der Waals surface area contributed by atoms with Crippen LogP contribution in [0, 0.1) is 0 Å². The number of nitrogens with zero attached hydrogens (tertiary/aromatic N) is 3. The zero-order valence-corrected chi connectivity index (χ0v) is 18.2. The lowest BCUT2D eigenvalue weighted by atomic mass is 10.1. The zero-order valence-electron chi connectivity index (χ0n) is 17.4. The normalized spacial score (nSPS) is 13.0. The summed E-state index contributed by atoms with van der Waals surface area (Å²) in [5.74, 6) is -1.33. The van der Waals surface area contributed by atoms with Crippen molar-refractivity contribution in [3.05, 3.63) is 93.4 Å². The van der Waals surface area contributed by atoms with E-state index in [2.05, 4.69) is 5.32 Å². The Morgan fingerprint density at radius 2 is 1.48 bits per heavy atom. The number of rotatable bonds is 4. The van der Waals surface area contributed by atoms with Gasteiger partial charge in [0, 0.05) is 12.7 Å². The van der Waals surface area contributed by atoms with Crippen molar-refractivity contribution in [1.29, 1.82) is 0 Å². The molecule has 0 radical (unpaired) electrons. The van der Waals surface area contributed by atoms with Crippen LogP contribution in [0.1, 0.15) is 20.7 Å². The molecule has 9 heteroatoms. The molecule has 0 aliphatic carbocycles. The molecule has 5 rings (SSSR count). The Kier molecular flexibility index (Phi) is 4.87. The highest BCUT2D eigenvalue weighted by Gasteiger charge is 2.37. The molecule has 1 aromatic heterocycles. The van der Waals surface area contributed by atoms with Crippen LogP contribution in [-0.2, 0) is 18.4 Å². The molecule has 0 atom stereocenters. The number of halogens is 1. The van der Waals surface area contributed by atoms with Crippen molar-refractivity contribution in [2.45, 2.75) is 6.54 Å². The van der Waals surface area contributed by atoms with Crippen LogP contribution in [0.4, 0.5) is 11.4 Å². The Balaban J connectivity index is 1.38. The number of hydrogen-bond acceptors (Lipinski definition) is 4. The first-order valence-electron chi connectivity index (χ1n) is 10.1. The van der Waals surface area contributed by atoms with E-state index in [9.17, 15) is 19.2 Å². The number of imidazole rings is 1. The zero-order chi connectivity index (χ0) is 23.3. The van der Waals surface area contributed by atoms with E-state index in [0.29, 0.717) is 22.3 Å². The number of carbonyl (C=O) groups excluding carboxylic acids is 3. The quantitative estimate of drug-likeness (QED) is 0.472. The lowest BCUT2D eigenvalue weighted by Crippen LogP contribution is -2.30. The van der Waals surface area contributed by atoms with E-state index in [0.717, 1.165) is 10.4 Å². The average Bonchev–Trinajstić information content (AvgIpc) is 3.20. The fraction of sp³-hybridized carbons (Fsp3) is 0.0833. The summed E-state index contributed by atoms with van der Waals surface area (Å²) in [4.78, 5) is 51.6. The van der Waals surface area contributed by atoms with Gasteiger partial charge < -0.3 is 5.32 Å². The first-order chi connectivity index (χ1) is 15.9. The molecule has 0 spiro atoms. The van der Waals surface area contributed by atoms with Gasteiger partial charge >= 0.3 is 5.69 Å². The van der Waals surface area contributed by atoms with E-state index in [1.807, 2.05) is 12.1 Å². The number of aromatic nitrogens is 2. The second kappa shape index (κ2) is 7.75. The minimum absolute atomic E-state index is 0.129. The maximum absolute atomic E-state index is 12.7. The lowest BCUT2D eigenvalue weighted by molar-refractivity contribution is -0.116. The molecule has 0 saturated carbocycles. The van der Waals surface area contributed by atoms with E-state index in [1.165, 1.54) is 21.3 Å².